The van der Waals surface area contributed by atoms with Crippen molar-refractivity contribution in [2.75, 3.05) is 13.2 Å². The Balaban J connectivity index is 1.71. The molecule has 0 spiro atoms. The summed E-state index contributed by atoms with van der Waals surface area (Å²) in [5, 5.41) is 20.6. The average molecular weight is 453 g/mol. The predicted octanol–water partition coefficient (Wildman–Crippen LogP) is 5.57. The van der Waals surface area contributed by atoms with Crippen LogP contribution < -0.4 is 9.47 Å². The van der Waals surface area contributed by atoms with Crippen molar-refractivity contribution in [3.8, 4) is 17.2 Å². The number of carboxylic acids is 1. The van der Waals surface area contributed by atoms with E-state index in [-0.39, 0.29) is 41.8 Å². The molecule has 0 aliphatic carbocycles. The van der Waals surface area contributed by atoms with Crippen LogP contribution in [0.2, 0.25) is 0 Å². The van der Waals surface area contributed by atoms with Gasteiger partial charge in [0.25, 0.3) is 5.76 Å². The van der Waals surface area contributed by atoms with Gasteiger partial charge in [0.15, 0.2) is 11.5 Å². The maximum absolute atomic E-state index is 11.7. The Kier molecular flexibility index (Phi) is 7.77. The molecule has 0 atom stereocenters. The predicted molar refractivity (Wildman–Crippen MR) is 125 cm³/mol. The molecule has 2 aromatic carbocycles. The summed E-state index contributed by atoms with van der Waals surface area (Å²) in [6.07, 6.45) is 4.12. The van der Waals surface area contributed by atoms with Gasteiger partial charge in [-0.05, 0) is 43.5 Å². The second-order valence-electron chi connectivity index (χ2n) is 7.64. The molecule has 0 radical (unpaired) electrons. The highest BCUT2D eigenvalue weighted by atomic mass is 16.5. The van der Waals surface area contributed by atoms with Crippen molar-refractivity contribution in [2.45, 2.75) is 39.5 Å². The number of ether oxygens (including phenoxy) is 2. The standard InChI is InChI=1S/C26H28O7/c1-4-8-17-10-6-11-21-22(17)24(25(33-21)26(29)30)32-15-7-14-31-20-13-12-18(16(3)27)23(28)19(20)9-5-2/h4,6,10-13,28H,1,5,7-9,14-15H2,2-3H3,(H,29,30). The summed E-state index contributed by atoms with van der Waals surface area (Å²) in [6, 6.07) is 8.63. The van der Waals surface area contributed by atoms with Crippen LogP contribution in [0.15, 0.2) is 47.4 Å². The smallest absolute Gasteiger partial charge is 0.375 e. The fourth-order valence-electron chi connectivity index (χ4n) is 3.74. The van der Waals surface area contributed by atoms with Gasteiger partial charge in [-0.1, -0.05) is 31.6 Å². The number of allylic oxidation sites excluding steroid dienone is 1. The van der Waals surface area contributed by atoms with E-state index in [1.165, 1.54) is 6.92 Å². The Bertz CT molecular complexity index is 1170. The van der Waals surface area contributed by atoms with Crippen molar-refractivity contribution in [3.05, 3.63) is 65.4 Å². The number of carboxylic acid groups (broad SMARTS) is 1. The van der Waals surface area contributed by atoms with Gasteiger partial charge in [0.1, 0.15) is 17.1 Å². The first-order chi connectivity index (χ1) is 15.9. The number of phenolic OH excluding ortho intramolecular Hbond substituents is 1. The van der Waals surface area contributed by atoms with Gasteiger partial charge in [0, 0.05) is 12.0 Å². The average Bonchev–Trinajstić information content (AvgIpc) is 3.15. The minimum absolute atomic E-state index is 0.0381. The molecule has 0 bridgehead atoms. The number of aromatic carboxylic acids is 1. The molecule has 3 rings (SSSR count). The Morgan fingerprint density at radius 1 is 1.15 bits per heavy atom. The van der Waals surface area contributed by atoms with Crippen LogP contribution in [-0.2, 0) is 12.8 Å². The Hall–Kier alpha value is -3.74. The van der Waals surface area contributed by atoms with Crippen LogP contribution in [0.1, 0.15) is 58.7 Å². The first kappa shape index (κ1) is 23.9. The molecule has 174 valence electrons. The lowest BCUT2D eigenvalue weighted by molar-refractivity contribution is 0.0658. The highest BCUT2D eigenvalue weighted by molar-refractivity contribution is 5.99. The van der Waals surface area contributed by atoms with Gasteiger partial charge in [0.05, 0.1) is 24.2 Å². The number of carbonyl (C=O) groups is 2. The van der Waals surface area contributed by atoms with E-state index in [0.29, 0.717) is 41.5 Å². The summed E-state index contributed by atoms with van der Waals surface area (Å²) in [4.78, 5) is 23.4. The summed E-state index contributed by atoms with van der Waals surface area (Å²) >= 11 is 0. The Labute approximate surface area is 192 Å². The van der Waals surface area contributed by atoms with Gasteiger partial charge in [-0.2, -0.15) is 0 Å². The van der Waals surface area contributed by atoms with Gasteiger partial charge in [0.2, 0.25) is 0 Å². The third-order valence-corrected chi connectivity index (χ3v) is 5.23. The molecular weight excluding hydrogens is 424 g/mol. The molecule has 0 fully saturated rings. The van der Waals surface area contributed by atoms with Crippen LogP contribution in [0.25, 0.3) is 11.0 Å². The number of Topliss-reactive ketones (excluding diaryl/α,β-unsaturated/α-hetero) is 1. The third-order valence-electron chi connectivity index (χ3n) is 5.23. The number of phenols is 1. The molecule has 0 amide bonds. The zero-order valence-corrected chi connectivity index (χ0v) is 18.8. The number of fused-ring (bicyclic) bond motifs is 1. The molecule has 1 aromatic heterocycles. The van der Waals surface area contributed by atoms with Crippen LogP contribution in [0.3, 0.4) is 0 Å². The summed E-state index contributed by atoms with van der Waals surface area (Å²) < 4.78 is 17.2. The highest BCUT2D eigenvalue weighted by Gasteiger charge is 2.23. The van der Waals surface area contributed by atoms with Gasteiger partial charge in [-0.3, -0.25) is 4.79 Å². The van der Waals surface area contributed by atoms with E-state index in [9.17, 15) is 19.8 Å². The molecule has 1 heterocycles. The molecule has 7 nitrogen and oxygen atoms in total. The lowest BCUT2D eigenvalue weighted by atomic mass is 10.0. The van der Waals surface area contributed by atoms with E-state index < -0.39 is 5.97 Å². The summed E-state index contributed by atoms with van der Waals surface area (Å²) in [5.74, 6) is -0.964. The maximum Gasteiger partial charge on any atom is 0.375 e. The first-order valence-electron chi connectivity index (χ1n) is 10.9. The lowest BCUT2D eigenvalue weighted by Gasteiger charge is -2.15. The minimum atomic E-state index is -1.20. The fourth-order valence-corrected chi connectivity index (χ4v) is 3.74. The van der Waals surface area contributed by atoms with E-state index >= 15 is 0 Å². The zero-order valence-electron chi connectivity index (χ0n) is 18.8. The molecular formula is C26H28O7. The molecule has 0 saturated carbocycles. The molecule has 0 aliphatic heterocycles. The van der Waals surface area contributed by atoms with Gasteiger partial charge in [-0.25, -0.2) is 4.79 Å². The SMILES string of the molecule is C=CCc1cccc2oc(C(=O)O)c(OCCCOc3ccc(C(C)=O)c(O)c3CCC)c12. The van der Waals surface area contributed by atoms with E-state index in [1.54, 1.807) is 30.3 Å². The topological polar surface area (TPSA) is 106 Å². The van der Waals surface area contributed by atoms with E-state index in [4.69, 9.17) is 13.9 Å². The minimum Gasteiger partial charge on any atom is -0.507 e. The normalized spacial score (nSPS) is 10.8. The fraction of sp³-hybridized carbons (Fsp3) is 0.308. The van der Waals surface area contributed by atoms with E-state index in [2.05, 4.69) is 6.58 Å². The molecule has 0 unspecified atom stereocenters. The van der Waals surface area contributed by atoms with Crippen LogP contribution in [0.5, 0.6) is 17.2 Å². The summed E-state index contributed by atoms with van der Waals surface area (Å²) in [6.45, 7) is 7.63. The van der Waals surface area contributed by atoms with E-state index in [0.717, 1.165) is 12.0 Å². The third kappa shape index (κ3) is 5.19. The van der Waals surface area contributed by atoms with Crippen molar-refractivity contribution in [1.82, 2.24) is 0 Å². The molecule has 33 heavy (non-hydrogen) atoms. The zero-order chi connectivity index (χ0) is 24.0. The molecule has 0 saturated heterocycles. The van der Waals surface area contributed by atoms with Crippen molar-refractivity contribution in [3.63, 3.8) is 0 Å². The highest BCUT2D eigenvalue weighted by Crippen LogP contribution is 2.36. The Morgan fingerprint density at radius 3 is 2.58 bits per heavy atom. The molecule has 0 aliphatic rings. The van der Waals surface area contributed by atoms with Gasteiger partial charge >= 0.3 is 5.97 Å². The number of rotatable bonds is 12. The number of ketones is 1. The van der Waals surface area contributed by atoms with E-state index in [1.807, 2.05) is 13.0 Å². The van der Waals surface area contributed by atoms with Gasteiger partial charge in [-0.15, -0.1) is 6.58 Å². The van der Waals surface area contributed by atoms with Crippen LogP contribution in [0.4, 0.5) is 0 Å². The molecule has 3 aromatic rings. The largest absolute Gasteiger partial charge is 0.507 e. The quantitative estimate of drug-likeness (QED) is 0.210. The number of aromatic hydroxyl groups is 1. The van der Waals surface area contributed by atoms with Crippen LogP contribution in [0, 0.1) is 0 Å². The number of benzene rings is 2. The number of hydrogen-bond donors (Lipinski definition) is 2. The first-order valence-corrected chi connectivity index (χ1v) is 10.9. The monoisotopic (exact) mass is 452 g/mol. The second kappa shape index (κ2) is 10.7. The lowest BCUT2D eigenvalue weighted by Crippen LogP contribution is -2.08. The number of furan rings is 1. The second-order valence-corrected chi connectivity index (χ2v) is 7.64. The van der Waals surface area contributed by atoms with Crippen molar-refractivity contribution < 1.29 is 33.7 Å². The van der Waals surface area contributed by atoms with Gasteiger partial charge < -0.3 is 24.1 Å². The van der Waals surface area contributed by atoms with Crippen LogP contribution in [-0.4, -0.2) is 35.2 Å². The van der Waals surface area contributed by atoms with Crippen molar-refractivity contribution >= 4 is 22.7 Å². The number of carbonyl (C=O) groups excluding carboxylic acids is 1. The molecule has 2 N–H and O–H groups in total. The number of hydrogen-bond acceptors (Lipinski definition) is 6. The Morgan fingerprint density at radius 2 is 1.91 bits per heavy atom. The molecule has 7 heteroatoms. The van der Waals surface area contributed by atoms with Crippen molar-refractivity contribution in [1.29, 1.82) is 0 Å². The van der Waals surface area contributed by atoms with Crippen LogP contribution >= 0.6 is 0 Å². The maximum atomic E-state index is 11.7. The summed E-state index contributed by atoms with van der Waals surface area (Å²) in [7, 11) is 0. The van der Waals surface area contributed by atoms with Crippen molar-refractivity contribution in [2.24, 2.45) is 0 Å². The summed E-state index contributed by atoms with van der Waals surface area (Å²) in [5.41, 5.74) is 2.20.